The first-order chi connectivity index (χ1) is 9.69. The Kier molecular flexibility index (Phi) is 5.48. The van der Waals surface area contributed by atoms with E-state index in [-0.39, 0.29) is 5.82 Å². The normalized spacial score (nSPS) is 16.3. The third-order valence-electron chi connectivity index (χ3n) is 3.62. The second-order valence-electron chi connectivity index (χ2n) is 5.25. The van der Waals surface area contributed by atoms with Crippen LogP contribution in [0.5, 0.6) is 0 Å². The van der Waals surface area contributed by atoms with Crippen molar-refractivity contribution in [2.45, 2.75) is 6.54 Å². The van der Waals surface area contributed by atoms with Crippen molar-refractivity contribution in [1.29, 1.82) is 5.26 Å². The monoisotopic (exact) mass is 276 g/mol. The van der Waals surface area contributed by atoms with E-state index in [1.54, 1.807) is 6.07 Å². The van der Waals surface area contributed by atoms with Crippen molar-refractivity contribution >= 4 is 0 Å². The number of halogens is 1. The van der Waals surface area contributed by atoms with Gasteiger partial charge in [-0.15, -0.1) is 0 Å². The molecule has 1 aromatic rings. The summed E-state index contributed by atoms with van der Waals surface area (Å²) in [6.07, 6.45) is 0. The highest BCUT2D eigenvalue weighted by Gasteiger charge is 2.11. The number of nitriles is 1. The first kappa shape index (κ1) is 14.9. The Morgan fingerprint density at radius 2 is 2.15 bits per heavy atom. The van der Waals surface area contributed by atoms with Crippen molar-refractivity contribution < 1.29 is 4.39 Å². The van der Waals surface area contributed by atoms with Gasteiger partial charge in [-0.3, -0.25) is 4.90 Å². The van der Waals surface area contributed by atoms with Crippen molar-refractivity contribution in [1.82, 2.24) is 15.1 Å². The zero-order valence-corrected chi connectivity index (χ0v) is 11.9. The van der Waals surface area contributed by atoms with E-state index < -0.39 is 0 Å². The van der Waals surface area contributed by atoms with Gasteiger partial charge in [0.05, 0.1) is 11.6 Å². The Morgan fingerprint density at radius 3 is 2.85 bits per heavy atom. The summed E-state index contributed by atoms with van der Waals surface area (Å²) in [4.78, 5) is 4.51. The minimum Gasteiger partial charge on any atom is -0.314 e. The van der Waals surface area contributed by atoms with Crippen molar-refractivity contribution in [3.05, 3.63) is 35.1 Å². The molecule has 2 rings (SSSR count). The average molecular weight is 276 g/mol. The number of rotatable bonds is 5. The van der Waals surface area contributed by atoms with Crippen molar-refractivity contribution in [3.8, 4) is 6.07 Å². The summed E-state index contributed by atoms with van der Waals surface area (Å²) in [7, 11) is 1.99. The molecule has 20 heavy (non-hydrogen) atoms. The Balaban J connectivity index is 1.84. The molecule has 1 fully saturated rings. The molecule has 5 heteroatoms. The molecule has 0 amide bonds. The molecule has 1 aromatic carbocycles. The second-order valence-corrected chi connectivity index (χ2v) is 5.25. The highest BCUT2D eigenvalue weighted by Crippen LogP contribution is 2.12. The van der Waals surface area contributed by atoms with E-state index in [4.69, 9.17) is 5.26 Å². The molecule has 0 aromatic heterocycles. The van der Waals surface area contributed by atoms with Gasteiger partial charge >= 0.3 is 0 Å². The number of piperazine rings is 1. The number of nitrogens with one attached hydrogen (secondary N) is 1. The fourth-order valence-corrected chi connectivity index (χ4v) is 2.38. The summed E-state index contributed by atoms with van der Waals surface area (Å²) in [5.41, 5.74) is 1.10. The maximum absolute atomic E-state index is 13.7. The summed E-state index contributed by atoms with van der Waals surface area (Å²) in [6.45, 7) is 6.67. The van der Waals surface area contributed by atoms with Crippen LogP contribution < -0.4 is 5.32 Å². The highest BCUT2D eigenvalue weighted by atomic mass is 19.1. The summed E-state index contributed by atoms with van der Waals surface area (Å²) in [5, 5.41) is 12.2. The van der Waals surface area contributed by atoms with Crippen LogP contribution in [0.3, 0.4) is 0 Å². The molecule has 0 bridgehead atoms. The van der Waals surface area contributed by atoms with Crippen LogP contribution in [0.15, 0.2) is 18.2 Å². The zero-order valence-electron chi connectivity index (χ0n) is 11.9. The number of benzene rings is 1. The molecule has 0 saturated carbocycles. The van der Waals surface area contributed by atoms with Gasteiger partial charge in [-0.05, 0) is 25.2 Å². The topological polar surface area (TPSA) is 42.3 Å². The Hall–Kier alpha value is -1.48. The van der Waals surface area contributed by atoms with Gasteiger partial charge in [-0.1, -0.05) is 0 Å². The molecule has 1 saturated heterocycles. The van der Waals surface area contributed by atoms with E-state index >= 15 is 0 Å². The molecule has 108 valence electrons. The molecule has 0 radical (unpaired) electrons. The molecule has 1 aliphatic rings. The minimum absolute atomic E-state index is 0.238. The van der Waals surface area contributed by atoms with Crippen molar-refractivity contribution in [2.24, 2.45) is 0 Å². The van der Waals surface area contributed by atoms with Crippen LogP contribution in [0.25, 0.3) is 0 Å². The average Bonchev–Trinajstić information content (AvgIpc) is 2.48. The van der Waals surface area contributed by atoms with Crippen LogP contribution in [-0.2, 0) is 6.54 Å². The minimum atomic E-state index is -0.238. The van der Waals surface area contributed by atoms with E-state index in [0.717, 1.165) is 39.3 Å². The molecular weight excluding hydrogens is 255 g/mol. The fraction of sp³-hybridized carbons (Fsp3) is 0.533. The predicted octanol–water partition coefficient (Wildman–Crippen LogP) is 1.03. The van der Waals surface area contributed by atoms with Gasteiger partial charge in [-0.2, -0.15) is 5.26 Å². The SMILES string of the molecule is CN(CCN1CCNCC1)Cc1cc(C#N)ccc1F. The van der Waals surface area contributed by atoms with Crippen molar-refractivity contribution in [3.63, 3.8) is 0 Å². The molecule has 1 heterocycles. The molecule has 0 spiro atoms. The van der Waals surface area contributed by atoms with Gasteiger partial charge in [0.25, 0.3) is 0 Å². The lowest BCUT2D eigenvalue weighted by molar-refractivity contribution is 0.201. The number of nitrogens with zero attached hydrogens (tertiary/aromatic N) is 3. The van der Waals surface area contributed by atoms with Gasteiger partial charge < -0.3 is 10.2 Å². The van der Waals surface area contributed by atoms with E-state index in [9.17, 15) is 4.39 Å². The van der Waals surface area contributed by atoms with Crippen LogP contribution >= 0.6 is 0 Å². The summed E-state index contributed by atoms with van der Waals surface area (Å²) < 4.78 is 13.7. The van der Waals surface area contributed by atoms with E-state index in [1.165, 1.54) is 12.1 Å². The maximum atomic E-state index is 13.7. The van der Waals surface area contributed by atoms with Gasteiger partial charge in [0.2, 0.25) is 0 Å². The maximum Gasteiger partial charge on any atom is 0.127 e. The van der Waals surface area contributed by atoms with E-state index in [1.807, 2.05) is 7.05 Å². The largest absolute Gasteiger partial charge is 0.314 e. The Labute approximate surface area is 119 Å². The molecule has 0 atom stereocenters. The van der Waals surface area contributed by atoms with Crippen LogP contribution in [0.1, 0.15) is 11.1 Å². The molecule has 0 aliphatic carbocycles. The quantitative estimate of drug-likeness (QED) is 0.872. The number of hydrogen-bond acceptors (Lipinski definition) is 4. The van der Waals surface area contributed by atoms with E-state index in [2.05, 4.69) is 21.2 Å². The first-order valence-electron chi connectivity index (χ1n) is 6.99. The predicted molar refractivity (Wildman–Crippen MR) is 76.8 cm³/mol. The van der Waals surface area contributed by atoms with Gasteiger partial charge in [0, 0.05) is 51.4 Å². The summed E-state index contributed by atoms with van der Waals surface area (Å²) in [5.74, 6) is -0.238. The smallest absolute Gasteiger partial charge is 0.127 e. The van der Waals surface area contributed by atoms with Gasteiger partial charge in [-0.25, -0.2) is 4.39 Å². The highest BCUT2D eigenvalue weighted by molar-refractivity contribution is 5.33. The van der Waals surface area contributed by atoms with Crippen molar-refractivity contribution in [2.75, 3.05) is 46.3 Å². The molecule has 1 N–H and O–H groups in total. The van der Waals surface area contributed by atoms with E-state index in [0.29, 0.717) is 17.7 Å². The lowest BCUT2D eigenvalue weighted by atomic mass is 10.1. The third kappa shape index (κ3) is 4.27. The van der Waals surface area contributed by atoms with Gasteiger partial charge in [0.15, 0.2) is 0 Å². The first-order valence-corrected chi connectivity index (χ1v) is 6.99. The molecular formula is C15H21FN4. The zero-order chi connectivity index (χ0) is 14.4. The Morgan fingerprint density at radius 1 is 1.40 bits per heavy atom. The third-order valence-corrected chi connectivity index (χ3v) is 3.62. The van der Waals surface area contributed by atoms with Crippen LogP contribution in [0.4, 0.5) is 4.39 Å². The molecule has 1 aliphatic heterocycles. The fourth-order valence-electron chi connectivity index (χ4n) is 2.38. The Bertz CT molecular complexity index is 477. The summed E-state index contributed by atoms with van der Waals surface area (Å²) >= 11 is 0. The standard InChI is InChI=1S/C15H21FN4/c1-19(8-9-20-6-4-18-5-7-20)12-14-10-13(11-17)2-3-15(14)16/h2-3,10,18H,4-9,12H2,1H3. The second kappa shape index (κ2) is 7.34. The number of hydrogen-bond donors (Lipinski definition) is 1. The van der Waals surface area contributed by atoms with Gasteiger partial charge in [0.1, 0.15) is 5.82 Å². The van der Waals surface area contributed by atoms with Crippen LogP contribution in [-0.4, -0.2) is 56.1 Å². The molecule has 4 nitrogen and oxygen atoms in total. The lowest BCUT2D eigenvalue weighted by Gasteiger charge is -2.29. The summed E-state index contributed by atoms with van der Waals surface area (Å²) in [6, 6.07) is 6.57. The lowest BCUT2D eigenvalue weighted by Crippen LogP contribution is -2.45. The van der Waals surface area contributed by atoms with Crippen LogP contribution in [0, 0.1) is 17.1 Å². The molecule has 0 unspecified atom stereocenters. The van der Waals surface area contributed by atoms with Crippen LogP contribution in [0.2, 0.25) is 0 Å². The number of likely N-dealkylation sites (N-methyl/N-ethyl adjacent to an activating group) is 1.